The van der Waals surface area contributed by atoms with Gasteiger partial charge in [-0.15, -0.1) is 0 Å². The van der Waals surface area contributed by atoms with Gasteiger partial charge in [0.25, 0.3) is 5.56 Å². The number of aryl methyl sites for hydroxylation is 1. The molecule has 0 aromatic carbocycles. The maximum atomic E-state index is 11.0. The van der Waals surface area contributed by atoms with Crippen molar-refractivity contribution in [2.24, 2.45) is 7.05 Å². The van der Waals surface area contributed by atoms with Gasteiger partial charge in [-0.3, -0.25) is 4.79 Å². The molecule has 0 aliphatic carbocycles. The number of hydrogen-bond donors (Lipinski definition) is 1. The molecule has 66 valence electrons. The van der Waals surface area contributed by atoms with Crippen LogP contribution in [0.15, 0.2) is 29.6 Å². The Morgan fingerprint density at radius 3 is 3.00 bits per heavy atom. The summed E-state index contributed by atoms with van der Waals surface area (Å²) in [5, 5.41) is 0. The van der Waals surface area contributed by atoms with Crippen molar-refractivity contribution in [1.29, 1.82) is 0 Å². The zero-order chi connectivity index (χ0) is 9.26. The molecule has 0 fully saturated rings. The first-order chi connectivity index (χ1) is 6.27. The lowest BCUT2D eigenvalue weighted by atomic mass is 10.4. The van der Waals surface area contributed by atoms with Crippen molar-refractivity contribution >= 4 is 0 Å². The summed E-state index contributed by atoms with van der Waals surface area (Å²) in [5.41, 5.74) is 0.629. The van der Waals surface area contributed by atoms with Crippen molar-refractivity contribution in [3.05, 3.63) is 35.1 Å². The minimum absolute atomic E-state index is 0.161. The van der Waals surface area contributed by atoms with Crippen LogP contribution in [0.2, 0.25) is 0 Å². The second-order valence-electron chi connectivity index (χ2n) is 2.67. The molecule has 5 nitrogen and oxygen atoms in total. The van der Waals surface area contributed by atoms with Gasteiger partial charge in [-0.25, -0.2) is 9.97 Å². The molecule has 2 rings (SSSR count). The highest BCUT2D eigenvalue weighted by Crippen LogP contribution is 2.09. The fourth-order valence-corrected chi connectivity index (χ4v) is 1.09. The van der Waals surface area contributed by atoms with Crippen molar-refractivity contribution < 1.29 is 0 Å². The van der Waals surface area contributed by atoms with Crippen LogP contribution < -0.4 is 5.56 Å². The molecule has 0 aliphatic heterocycles. The lowest BCUT2D eigenvalue weighted by molar-refractivity contribution is 0.906. The predicted octanol–water partition coefficient (Wildman–Crippen LogP) is 0.170. The maximum Gasteiger partial charge on any atom is 0.251 e. The van der Waals surface area contributed by atoms with Crippen molar-refractivity contribution in [3.63, 3.8) is 0 Å². The Kier molecular flexibility index (Phi) is 1.70. The Hall–Kier alpha value is -1.91. The van der Waals surface area contributed by atoms with E-state index in [1.54, 1.807) is 17.1 Å². The zero-order valence-corrected chi connectivity index (χ0v) is 7.06. The predicted molar refractivity (Wildman–Crippen MR) is 47.1 cm³/mol. The molecule has 2 aromatic rings. The van der Waals surface area contributed by atoms with E-state index in [2.05, 4.69) is 15.0 Å². The standard InChI is InChI=1S/C8H8N4O/c1-12-5-9-4-6(12)8-10-3-2-7(13)11-8/h2-5H,1H3,(H,10,11,13). The van der Waals surface area contributed by atoms with Crippen LogP contribution in [-0.2, 0) is 7.05 Å². The molecule has 2 aromatic heterocycles. The van der Waals surface area contributed by atoms with E-state index < -0.39 is 0 Å². The van der Waals surface area contributed by atoms with Crippen LogP contribution in [0.25, 0.3) is 11.5 Å². The first kappa shape index (κ1) is 7.72. The largest absolute Gasteiger partial charge is 0.331 e. The zero-order valence-electron chi connectivity index (χ0n) is 7.06. The first-order valence-corrected chi connectivity index (χ1v) is 3.79. The molecule has 0 unspecified atom stereocenters. The summed E-state index contributed by atoms with van der Waals surface area (Å²) in [6.07, 6.45) is 4.78. The van der Waals surface area contributed by atoms with Crippen molar-refractivity contribution in [2.75, 3.05) is 0 Å². The minimum atomic E-state index is -0.161. The van der Waals surface area contributed by atoms with E-state index in [1.165, 1.54) is 12.3 Å². The second-order valence-corrected chi connectivity index (χ2v) is 2.67. The molecule has 0 spiro atoms. The number of nitrogens with one attached hydrogen (secondary N) is 1. The first-order valence-electron chi connectivity index (χ1n) is 3.79. The Morgan fingerprint density at radius 1 is 1.54 bits per heavy atom. The summed E-state index contributed by atoms with van der Waals surface area (Å²) in [6, 6.07) is 1.37. The number of imidazole rings is 1. The summed E-state index contributed by atoms with van der Waals surface area (Å²) < 4.78 is 1.79. The van der Waals surface area contributed by atoms with Crippen LogP contribution in [-0.4, -0.2) is 19.5 Å². The molecule has 0 bridgehead atoms. The molecule has 0 amide bonds. The SMILES string of the molecule is Cn1cncc1-c1nccc(=O)[nH]1. The van der Waals surface area contributed by atoms with E-state index in [-0.39, 0.29) is 5.56 Å². The number of aromatic amines is 1. The molecule has 0 atom stereocenters. The third kappa shape index (κ3) is 1.35. The molecule has 13 heavy (non-hydrogen) atoms. The molecule has 0 radical (unpaired) electrons. The van der Waals surface area contributed by atoms with Crippen LogP contribution in [0.3, 0.4) is 0 Å². The number of rotatable bonds is 1. The van der Waals surface area contributed by atoms with Crippen molar-refractivity contribution in [1.82, 2.24) is 19.5 Å². The Morgan fingerprint density at radius 2 is 2.38 bits per heavy atom. The Bertz CT molecular complexity index is 471. The topological polar surface area (TPSA) is 63.6 Å². The molecule has 2 heterocycles. The number of H-pyrrole nitrogens is 1. The highest BCUT2D eigenvalue weighted by molar-refractivity contribution is 5.47. The van der Waals surface area contributed by atoms with Gasteiger partial charge in [0.1, 0.15) is 5.69 Å². The average Bonchev–Trinajstić information content (AvgIpc) is 2.51. The monoisotopic (exact) mass is 176 g/mol. The van der Waals surface area contributed by atoms with E-state index in [0.717, 1.165) is 5.69 Å². The van der Waals surface area contributed by atoms with Gasteiger partial charge in [-0.1, -0.05) is 0 Å². The second kappa shape index (κ2) is 2.85. The van der Waals surface area contributed by atoms with Gasteiger partial charge in [-0.2, -0.15) is 0 Å². The lowest BCUT2D eigenvalue weighted by Crippen LogP contribution is -2.07. The quantitative estimate of drug-likeness (QED) is 0.673. The van der Waals surface area contributed by atoms with Gasteiger partial charge in [0.05, 0.1) is 12.5 Å². The summed E-state index contributed by atoms with van der Waals surface area (Å²) >= 11 is 0. The molecule has 0 saturated carbocycles. The third-order valence-electron chi connectivity index (χ3n) is 1.73. The molecule has 5 heteroatoms. The molecule has 1 N–H and O–H groups in total. The van der Waals surface area contributed by atoms with Gasteiger partial charge in [0.15, 0.2) is 5.82 Å². The van der Waals surface area contributed by atoms with E-state index >= 15 is 0 Å². The highest BCUT2D eigenvalue weighted by atomic mass is 16.1. The summed E-state index contributed by atoms with van der Waals surface area (Å²) in [6.45, 7) is 0. The Labute approximate surface area is 74.1 Å². The van der Waals surface area contributed by atoms with Gasteiger partial charge < -0.3 is 9.55 Å². The van der Waals surface area contributed by atoms with E-state index in [1.807, 2.05) is 7.05 Å². The third-order valence-corrected chi connectivity index (χ3v) is 1.73. The van der Waals surface area contributed by atoms with E-state index in [4.69, 9.17) is 0 Å². The molecular formula is C8H8N4O. The van der Waals surface area contributed by atoms with Crippen LogP contribution in [0.5, 0.6) is 0 Å². The normalized spacial score (nSPS) is 10.2. The van der Waals surface area contributed by atoms with Crippen LogP contribution in [0.4, 0.5) is 0 Å². The maximum absolute atomic E-state index is 11.0. The van der Waals surface area contributed by atoms with Crippen LogP contribution in [0, 0.1) is 0 Å². The highest BCUT2D eigenvalue weighted by Gasteiger charge is 2.02. The van der Waals surface area contributed by atoms with Gasteiger partial charge >= 0.3 is 0 Å². The van der Waals surface area contributed by atoms with Gasteiger partial charge in [0, 0.05) is 19.3 Å². The number of nitrogens with zero attached hydrogens (tertiary/aromatic N) is 3. The summed E-state index contributed by atoms with van der Waals surface area (Å²) in [4.78, 5) is 21.5. The smallest absolute Gasteiger partial charge is 0.251 e. The minimum Gasteiger partial charge on any atom is -0.331 e. The fraction of sp³-hybridized carbons (Fsp3) is 0.125. The average molecular weight is 176 g/mol. The van der Waals surface area contributed by atoms with Crippen molar-refractivity contribution in [3.8, 4) is 11.5 Å². The van der Waals surface area contributed by atoms with E-state index in [0.29, 0.717) is 5.82 Å². The lowest BCUT2D eigenvalue weighted by Gasteiger charge is -1.98. The van der Waals surface area contributed by atoms with Crippen LogP contribution in [0.1, 0.15) is 0 Å². The number of hydrogen-bond acceptors (Lipinski definition) is 3. The van der Waals surface area contributed by atoms with Gasteiger partial charge in [0.2, 0.25) is 0 Å². The van der Waals surface area contributed by atoms with E-state index in [9.17, 15) is 4.79 Å². The molecule has 0 aliphatic rings. The summed E-state index contributed by atoms with van der Waals surface area (Å²) in [5.74, 6) is 0.535. The van der Waals surface area contributed by atoms with Crippen LogP contribution >= 0.6 is 0 Å². The fourth-order valence-electron chi connectivity index (χ4n) is 1.09. The Balaban J connectivity index is 2.59. The van der Waals surface area contributed by atoms with Crippen molar-refractivity contribution in [2.45, 2.75) is 0 Å². The summed E-state index contributed by atoms with van der Waals surface area (Å²) in [7, 11) is 1.84. The van der Waals surface area contributed by atoms with Gasteiger partial charge in [-0.05, 0) is 0 Å². The number of aromatic nitrogens is 4. The molecular weight excluding hydrogens is 168 g/mol. The molecule has 0 saturated heterocycles.